The third kappa shape index (κ3) is 1.64. The molecule has 0 saturated heterocycles. The summed E-state index contributed by atoms with van der Waals surface area (Å²) in [6, 6.07) is 3.64. The van der Waals surface area contributed by atoms with Crippen molar-refractivity contribution in [3.05, 3.63) is 40.8 Å². The number of aromatic nitrogens is 3. The summed E-state index contributed by atoms with van der Waals surface area (Å²) in [6.07, 6.45) is 5.83. The molecule has 17 heavy (non-hydrogen) atoms. The number of hydrogen-bond donors (Lipinski definition) is 0. The third-order valence-corrected chi connectivity index (χ3v) is 3.50. The molecule has 0 radical (unpaired) electrons. The van der Waals surface area contributed by atoms with Gasteiger partial charge in [0.2, 0.25) is 0 Å². The topological polar surface area (TPSA) is 47.3 Å². The van der Waals surface area contributed by atoms with Crippen molar-refractivity contribution in [1.82, 2.24) is 14.4 Å². The third-order valence-electron chi connectivity index (χ3n) is 2.40. The lowest BCUT2D eigenvalue weighted by Crippen LogP contribution is -1.90. The normalized spacial score (nSPS) is 10.9. The molecule has 0 N–H and O–H groups in total. The number of halogens is 1. The van der Waals surface area contributed by atoms with Gasteiger partial charge in [-0.05, 0) is 12.1 Å². The van der Waals surface area contributed by atoms with Crippen LogP contribution in [0, 0.1) is 0 Å². The van der Waals surface area contributed by atoms with Gasteiger partial charge in [-0.25, -0.2) is 4.98 Å². The molecule has 0 bridgehead atoms. The van der Waals surface area contributed by atoms with E-state index < -0.39 is 0 Å². The van der Waals surface area contributed by atoms with Crippen LogP contribution >= 0.6 is 22.9 Å². The molecule has 0 unspecified atom stereocenters. The van der Waals surface area contributed by atoms with E-state index in [0.29, 0.717) is 20.7 Å². The van der Waals surface area contributed by atoms with Crippen molar-refractivity contribution in [2.75, 3.05) is 0 Å². The molecule has 3 heterocycles. The van der Waals surface area contributed by atoms with Crippen LogP contribution in [0.1, 0.15) is 10.5 Å². The summed E-state index contributed by atoms with van der Waals surface area (Å²) >= 11 is 7.22. The van der Waals surface area contributed by atoms with Crippen molar-refractivity contribution in [3.8, 4) is 11.3 Å². The van der Waals surface area contributed by atoms with Crippen LogP contribution in [0.3, 0.4) is 0 Å². The number of imidazole rings is 1. The minimum absolute atomic E-state index is 0.509. The first kappa shape index (κ1) is 10.4. The van der Waals surface area contributed by atoms with Crippen LogP contribution in [-0.2, 0) is 0 Å². The number of pyridine rings is 1. The Morgan fingerprint density at radius 3 is 2.82 bits per heavy atom. The summed E-state index contributed by atoms with van der Waals surface area (Å²) in [5.41, 5.74) is 2.04. The van der Waals surface area contributed by atoms with Gasteiger partial charge in [0.1, 0.15) is 15.7 Å². The Kier molecular flexibility index (Phi) is 2.42. The van der Waals surface area contributed by atoms with Gasteiger partial charge in [0.15, 0.2) is 11.2 Å². The van der Waals surface area contributed by atoms with Crippen LogP contribution < -0.4 is 0 Å². The van der Waals surface area contributed by atoms with Crippen molar-refractivity contribution >= 4 is 34.2 Å². The summed E-state index contributed by atoms with van der Waals surface area (Å²) in [5.74, 6) is 0. The zero-order valence-corrected chi connectivity index (χ0v) is 10.1. The number of carbonyl (C=O) groups excluding carboxylic acids is 1. The molecule has 0 aromatic carbocycles. The first-order chi connectivity index (χ1) is 8.29. The van der Waals surface area contributed by atoms with Gasteiger partial charge in [-0.15, -0.1) is 0 Å². The average Bonchev–Trinajstić information content (AvgIpc) is 2.85. The molecule has 6 heteroatoms. The van der Waals surface area contributed by atoms with E-state index in [1.165, 1.54) is 11.3 Å². The molecule has 0 aliphatic heterocycles. The Labute approximate surface area is 106 Å². The fourth-order valence-corrected chi connectivity index (χ4v) is 2.69. The monoisotopic (exact) mass is 263 g/mol. The molecule has 4 nitrogen and oxygen atoms in total. The molecular weight excluding hydrogens is 258 g/mol. The van der Waals surface area contributed by atoms with Crippen LogP contribution in [0.15, 0.2) is 30.7 Å². The number of carbonyl (C=O) groups is 1. The largest absolute Gasteiger partial charge is 0.296 e. The fraction of sp³-hybridized carbons (Fsp3) is 0. The van der Waals surface area contributed by atoms with Crippen molar-refractivity contribution in [1.29, 1.82) is 0 Å². The van der Waals surface area contributed by atoms with Gasteiger partial charge < -0.3 is 0 Å². The SMILES string of the molecule is O=Cc1c(-c2ccncc2)nc2sc(Cl)cn12. The standard InChI is InChI=1S/C11H6ClN3OS/c12-9-5-15-8(6-16)10(14-11(15)17-9)7-1-3-13-4-2-7/h1-6H. The van der Waals surface area contributed by atoms with E-state index in [1.807, 2.05) is 12.1 Å². The molecule has 0 spiro atoms. The zero-order valence-electron chi connectivity index (χ0n) is 8.50. The highest BCUT2D eigenvalue weighted by Crippen LogP contribution is 2.29. The van der Waals surface area contributed by atoms with E-state index in [4.69, 9.17) is 11.6 Å². The summed E-state index contributed by atoms with van der Waals surface area (Å²) in [4.78, 5) is 20.2. The molecule has 0 amide bonds. The Hall–Kier alpha value is -1.72. The second kappa shape index (κ2) is 3.94. The molecule has 0 aliphatic rings. The van der Waals surface area contributed by atoms with E-state index in [9.17, 15) is 4.79 Å². The fourth-order valence-electron chi connectivity index (χ4n) is 1.67. The highest BCUT2D eigenvalue weighted by Gasteiger charge is 2.15. The van der Waals surface area contributed by atoms with Gasteiger partial charge in [0, 0.05) is 24.2 Å². The molecule has 0 saturated carbocycles. The predicted octanol–water partition coefficient (Wildman–Crippen LogP) is 2.92. The lowest BCUT2D eigenvalue weighted by Gasteiger charge is -1.96. The lowest BCUT2D eigenvalue weighted by atomic mass is 10.2. The molecule has 3 aromatic rings. The van der Waals surface area contributed by atoms with Crippen LogP contribution in [0.25, 0.3) is 16.2 Å². The lowest BCUT2D eigenvalue weighted by molar-refractivity contribution is 0.111. The summed E-state index contributed by atoms with van der Waals surface area (Å²) in [6.45, 7) is 0. The Morgan fingerprint density at radius 2 is 2.12 bits per heavy atom. The Balaban J connectivity index is 2.30. The van der Waals surface area contributed by atoms with Crippen molar-refractivity contribution in [2.24, 2.45) is 0 Å². The number of nitrogens with zero attached hydrogens (tertiary/aromatic N) is 3. The first-order valence-corrected chi connectivity index (χ1v) is 6.02. The molecule has 3 rings (SSSR count). The van der Waals surface area contributed by atoms with Gasteiger partial charge >= 0.3 is 0 Å². The highest BCUT2D eigenvalue weighted by atomic mass is 35.5. The van der Waals surface area contributed by atoms with Crippen LogP contribution in [0.4, 0.5) is 0 Å². The number of thiazole rings is 1. The van der Waals surface area contributed by atoms with E-state index in [1.54, 1.807) is 23.0 Å². The minimum Gasteiger partial charge on any atom is -0.296 e. The van der Waals surface area contributed by atoms with E-state index in [0.717, 1.165) is 11.8 Å². The van der Waals surface area contributed by atoms with Gasteiger partial charge in [-0.2, -0.15) is 0 Å². The first-order valence-electron chi connectivity index (χ1n) is 4.82. The van der Waals surface area contributed by atoms with Gasteiger partial charge in [-0.3, -0.25) is 14.2 Å². The molecule has 84 valence electrons. The van der Waals surface area contributed by atoms with Crippen LogP contribution in [0.5, 0.6) is 0 Å². The maximum atomic E-state index is 11.2. The number of rotatable bonds is 2. The average molecular weight is 264 g/mol. The summed E-state index contributed by atoms with van der Waals surface area (Å²) in [7, 11) is 0. The zero-order chi connectivity index (χ0) is 11.8. The predicted molar refractivity (Wildman–Crippen MR) is 66.7 cm³/mol. The van der Waals surface area contributed by atoms with E-state index in [2.05, 4.69) is 9.97 Å². The maximum Gasteiger partial charge on any atom is 0.196 e. The molecule has 0 fully saturated rings. The van der Waals surface area contributed by atoms with Crippen molar-refractivity contribution < 1.29 is 4.79 Å². The van der Waals surface area contributed by atoms with Crippen LogP contribution in [-0.4, -0.2) is 20.7 Å². The molecule has 3 aromatic heterocycles. The van der Waals surface area contributed by atoms with Crippen molar-refractivity contribution in [3.63, 3.8) is 0 Å². The molecular formula is C11H6ClN3OS. The highest BCUT2D eigenvalue weighted by molar-refractivity contribution is 7.20. The Bertz CT molecular complexity index is 689. The van der Waals surface area contributed by atoms with E-state index in [-0.39, 0.29) is 0 Å². The summed E-state index contributed by atoms with van der Waals surface area (Å²) in [5, 5.41) is 0. The Morgan fingerprint density at radius 1 is 1.35 bits per heavy atom. The second-order valence-electron chi connectivity index (χ2n) is 3.39. The molecule has 0 atom stereocenters. The van der Waals surface area contributed by atoms with Gasteiger partial charge in [0.25, 0.3) is 0 Å². The number of hydrogen-bond acceptors (Lipinski definition) is 4. The molecule has 0 aliphatic carbocycles. The minimum atomic E-state index is 0.509. The van der Waals surface area contributed by atoms with Crippen LogP contribution in [0.2, 0.25) is 4.34 Å². The number of fused-ring (bicyclic) bond motifs is 1. The quantitative estimate of drug-likeness (QED) is 0.668. The second-order valence-corrected chi connectivity index (χ2v) is 5.03. The van der Waals surface area contributed by atoms with E-state index >= 15 is 0 Å². The maximum absolute atomic E-state index is 11.2. The van der Waals surface area contributed by atoms with Gasteiger partial charge in [-0.1, -0.05) is 22.9 Å². The van der Waals surface area contributed by atoms with Gasteiger partial charge in [0.05, 0.1) is 0 Å². The number of aldehydes is 1. The summed E-state index contributed by atoms with van der Waals surface area (Å²) < 4.78 is 2.31. The van der Waals surface area contributed by atoms with Crippen molar-refractivity contribution in [2.45, 2.75) is 0 Å². The smallest absolute Gasteiger partial charge is 0.196 e.